The number of nitrogens with one attached hydrogen (secondary N) is 2. The Morgan fingerprint density at radius 1 is 1.20 bits per heavy atom. The first-order valence-corrected chi connectivity index (χ1v) is 19.1. The highest BCUT2D eigenvalue weighted by molar-refractivity contribution is 5.92. The number of benzene rings is 2. The molecule has 3 aliphatic heterocycles. The Balaban J connectivity index is 1.42. The molecule has 12 nitrogen and oxygen atoms in total. The van der Waals surface area contributed by atoms with Crippen LogP contribution in [0.2, 0.25) is 0 Å². The molecule has 1 unspecified atom stereocenters. The number of hydrogen-bond donors (Lipinski definition) is 7. The number of carbonyl (C=O) groups excluding carboxylic acids is 1. The molecule has 0 saturated heterocycles. The molecule has 0 radical (unpaired) electrons. The fourth-order valence-electron chi connectivity index (χ4n) is 8.42. The summed E-state index contributed by atoms with van der Waals surface area (Å²) in [6.45, 7) is 3.64. The highest BCUT2D eigenvalue weighted by Gasteiger charge is 2.47. The molecule has 9 N–H and O–H groups in total. The van der Waals surface area contributed by atoms with Crippen LogP contribution in [0, 0.1) is 5.92 Å². The van der Waals surface area contributed by atoms with E-state index in [2.05, 4.69) is 10.6 Å². The number of esters is 1. The molecule has 0 bridgehead atoms. The third-order valence-corrected chi connectivity index (χ3v) is 11.4. The first-order chi connectivity index (χ1) is 26.5. The van der Waals surface area contributed by atoms with Crippen LogP contribution in [-0.4, -0.2) is 45.7 Å². The second-order valence-electron chi connectivity index (χ2n) is 15.1. The molecule has 7 rings (SSSR count). The molecule has 0 spiro atoms. The molecule has 1 aromatic heterocycles. The summed E-state index contributed by atoms with van der Waals surface area (Å²) in [5, 5.41) is 38.9. The standard InChI is InChI=1S/C43H50N4O8/c1-3-30(26-8-4-5-9-26)42(52)54-34-21-32-39(51)38-33(50)20-29(23-48)53-41(38)37(40(32)55-43(34,2)15-13-24-11-12-35(44)47-22-24)31(27-14-16-46-36(45)19-27)18-25-7-6-10-28(49)17-25/h3,6-7,10-12,14,17,19-20,22,26,31,34-35,46-49,51H,4-5,8-9,13,15-16,18,21,23,44-45H2,1-2H3/b30-3-/t31-,34-,35?,43+/m1/s1. The number of carbonyl (C=O) groups is 1. The number of hydrogen-bond acceptors (Lipinski definition) is 12. The van der Waals surface area contributed by atoms with Gasteiger partial charge in [-0.15, -0.1) is 0 Å². The molecule has 4 aliphatic rings. The van der Waals surface area contributed by atoms with Gasteiger partial charge in [0.1, 0.15) is 52.3 Å². The van der Waals surface area contributed by atoms with Crippen molar-refractivity contribution in [3.63, 3.8) is 0 Å². The molecule has 0 amide bonds. The number of allylic oxidation sites excluding steroid dienone is 5. The summed E-state index contributed by atoms with van der Waals surface area (Å²) >= 11 is 0. The first kappa shape index (κ1) is 37.8. The van der Waals surface area contributed by atoms with Crippen molar-refractivity contribution in [1.82, 2.24) is 10.6 Å². The number of ether oxygens (including phenoxy) is 2. The van der Waals surface area contributed by atoms with Crippen LogP contribution in [0.4, 0.5) is 0 Å². The van der Waals surface area contributed by atoms with Gasteiger partial charge in [-0.05, 0) is 92.9 Å². The molecule has 290 valence electrons. The van der Waals surface area contributed by atoms with Gasteiger partial charge in [0.2, 0.25) is 0 Å². The summed E-state index contributed by atoms with van der Waals surface area (Å²) in [4.78, 5) is 27.9. The molecular weight excluding hydrogens is 700 g/mol. The summed E-state index contributed by atoms with van der Waals surface area (Å²) in [7, 11) is 0. The lowest BCUT2D eigenvalue weighted by Gasteiger charge is -2.44. The lowest BCUT2D eigenvalue weighted by Crippen LogP contribution is -2.52. The molecular formula is C43H50N4O8. The number of dihydropyridines is 2. The van der Waals surface area contributed by atoms with Gasteiger partial charge in [0, 0.05) is 47.8 Å². The third-order valence-electron chi connectivity index (χ3n) is 11.4. The number of aromatic hydroxyl groups is 2. The Morgan fingerprint density at radius 3 is 2.69 bits per heavy atom. The lowest BCUT2D eigenvalue weighted by molar-refractivity contribution is -0.159. The molecule has 1 aliphatic carbocycles. The van der Waals surface area contributed by atoms with Crippen molar-refractivity contribution >= 4 is 16.9 Å². The van der Waals surface area contributed by atoms with Crippen LogP contribution in [0.15, 0.2) is 98.7 Å². The van der Waals surface area contributed by atoms with Crippen LogP contribution in [0.1, 0.15) is 80.7 Å². The average molecular weight is 751 g/mol. The second-order valence-corrected chi connectivity index (χ2v) is 15.1. The predicted octanol–water partition coefficient (Wildman–Crippen LogP) is 5.20. The maximum atomic E-state index is 14.0. The van der Waals surface area contributed by atoms with E-state index in [0.29, 0.717) is 54.1 Å². The molecule has 2 aromatic carbocycles. The van der Waals surface area contributed by atoms with E-state index in [1.54, 1.807) is 18.2 Å². The molecule has 3 aromatic rings. The topological polar surface area (TPSA) is 203 Å². The summed E-state index contributed by atoms with van der Waals surface area (Å²) < 4.78 is 19.9. The number of phenolic OH excluding ortho intramolecular Hbond substituents is 2. The van der Waals surface area contributed by atoms with E-state index in [1.807, 2.05) is 56.5 Å². The maximum Gasteiger partial charge on any atom is 0.334 e. The minimum absolute atomic E-state index is 0.0152. The van der Waals surface area contributed by atoms with Crippen molar-refractivity contribution in [2.24, 2.45) is 17.4 Å². The van der Waals surface area contributed by atoms with E-state index in [9.17, 15) is 24.9 Å². The molecule has 1 saturated carbocycles. The Labute approximate surface area is 319 Å². The van der Waals surface area contributed by atoms with Gasteiger partial charge in [-0.25, -0.2) is 4.79 Å². The van der Waals surface area contributed by atoms with Crippen LogP contribution >= 0.6 is 0 Å². The molecule has 12 heteroatoms. The zero-order valence-electron chi connectivity index (χ0n) is 31.3. The van der Waals surface area contributed by atoms with E-state index >= 15 is 0 Å². The number of aliphatic hydroxyl groups is 1. The number of phenols is 2. The van der Waals surface area contributed by atoms with Crippen molar-refractivity contribution < 1.29 is 34.0 Å². The van der Waals surface area contributed by atoms with E-state index in [-0.39, 0.29) is 46.7 Å². The van der Waals surface area contributed by atoms with E-state index < -0.39 is 35.6 Å². The third kappa shape index (κ3) is 7.74. The normalized spacial score (nSPS) is 23.1. The zero-order valence-corrected chi connectivity index (χ0v) is 31.3. The zero-order chi connectivity index (χ0) is 38.9. The van der Waals surface area contributed by atoms with Crippen LogP contribution in [-0.2, 0) is 29.0 Å². The Bertz CT molecular complexity index is 2190. The molecule has 55 heavy (non-hydrogen) atoms. The van der Waals surface area contributed by atoms with Crippen LogP contribution in [0.5, 0.6) is 17.2 Å². The van der Waals surface area contributed by atoms with Crippen LogP contribution in [0.3, 0.4) is 0 Å². The summed E-state index contributed by atoms with van der Waals surface area (Å²) in [6.07, 6.45) is 15.4. The highest BCUT2D eigenvalue weighted by atomic mass is 16.6. The Hall–Kier alpha value is -5.46. The van der Waals surface area contributed by atoms with Crippen LogP contribution < -0.4 is 32.3 Å². The smallest absolute Gasteiger partial charge is 0.334 e. The monoisotopic (exact) mass is 750 g/mol. The van der Waals surface area contributed by atoms with E-state index in [1.165, 1.54) is 6.07 Å². The quantitative estimate of drug-likeness (QED) is 0.0999. The first-order valence-electron chi connectivity index (χ1n) is 19.1. The van der Waals surface area contributed by atoms with Crippen molar-refractivity contribution in [3.8, 4) is 17.2 Å². The van der Waals surface area contributed by atoms with Gasteiger partial charge in [0.15, 0.2) is 5.43 Å². The van der Waals surface area contributed by atoms with Gasteiger partial charge in [0.25, 0.3) is 0 Å². The fraction of sp³-hybridized carbons (Fsp3) is 0.395. The predicted molar refractivity (Wildman–Crippen MR) is 209 cm³/mol. The summed E-state index contributed by atoms with van der Waals surface area (Å²) in [5.41, 5.74) is 14.7. The van der Waals surface area contributed by atoms with Crippen LogP contribution in [0.25, 0.3) is 11.0 Å². The number of fused-ring (bicyclic) bond motifs is 2. The maximum absolute atomic E-state index is 14.0. The minimum Gasteiger partial charge on any atom is -0.508 e. The van der Waals surface area contributed by atoms with Crippen molar-refractivity contribution in [1.29, 1.82) is 0 Å². The number of rotatable bonds is 11. The van der Waals surface area contributed by atoms with Gasteiger partial charge in [-0.1, -0.05) is 43.2 Å². The van der Waals surface area contributed by atoms with Gasteiger partial charge in [-0.2, -0.15) is 0 Å². The van der Waals surface area contributed by atoms with Crippen molar-refractivity contribution in [2.75, 3.05) is 6.54 Å². The Kier molecular flexibility index (Phi) is 10.8. The lowest BCUT2D eigenvalue weighted by atomic mass is 9.78. The fourth-order valence-corrected chi connectivity index (χ4v) is 8.42. The largest absolute Gasteiger partial charge is 0.508 e. The highest BCUT2D eigenvalue weighted by Crippen LogP contribution is 2.52. The van der Waals surface area contributed by atoms with Crippen molar-refractivity contribution in [3.05, 3.63) is 122 Å². The van der Waals surface area contributed by atoms with E-state index in [4.69, 9.17) is 25.4 Å². The SMILES string of the molecule is C/C=C(\C(=O)O[C@@H]1Cc2c(c([C@H](Cc3cccc(O)c3)C3=CCNC(N)=C3)c3oc(CO)cc(=O)c3c2O)O[C@@]1(C)CCC1=CNC(N)C=C1)C1CCCC1. The van der Waals surface area contributed by atoms with E-state index in [0.717, 1.165) is 42.4 Å². The average Bonchev–Trinajstić information content (AvgIpc) is 3.69. The summed E-state index contributed by atoms with van der Waals surface area (Å²) in [5.74, 6) is -0.381. The Morgan fingerprint density at radius 2 is 2.00 bits per heavy atom. The minimum atomic E-state index is -1.14. The molecule has 1 fully saturated rings. The van der Waals surface area contributed by atoms with Gasteiger partial charge >= 0.3 is 5.97 Å². The van der Waals surface area contributed by atoms with Gasteiger partial charge in [-0.3, -0.25) is 4.79 Å². The number of nitrogens with two attached hydrogens (primary N) is 2. The number of aliphatic hydroxyl groups excluding tert-OH is 1. The molecule has 4 atom stereocenters. The van der Waals surface area contributed by atoms with Gasteiger partial charge in [0.05, 0.1) is 12.0 Å². The van der Waals surface area contributed by atoms with Gasteiger partial charge < -0.3 is 51.3 Å². The molecule has 4 heterocycles. The second kappa shape index (κ2) is 15.7. The summed E-state index contributed by atoms with van der Waals surface area (Å²) in [6, 6.07) is 8.07. The van der Waals surface area contributed by atoms with Crippen molar-refractivity contribution in [2.45, 2.75) is 95.6 Å².